The Hall–Kier alpha value is -3.99. The van der Waals surface area contributed by atoms with Crippen LogP contribution in [0.25, 0.3) is 10.4 Å². The van der Waals surface area contributed by atoms with Gasteiger partial charge in [0.05, 0.1) is 19.1 Å². The minimum atomic E-state index is -4.30. The molecule has 0 aliphatic carbocycles. The second kappa shape index (κ2) is 12.9. The monoisotopic (exact) mass is 607 g/mol. The molecule has 0 bridgehead atoms. The predicted octanol–water partition coefficient (Wildman–Crippen LogP) is 6.02. The maximum Gasteiger partial charge on any atom is 0.348 e. The van der Waals surface area contributed by atoms with Crippen LogP contribution in [-0.2, 0) is 32.5 Å². The summed E-state index contributed by atoms with van der Waals surface area (Å²) in [4.78, 5) is 26.0. The van der Waals surface area contributed by atoms with Gasteiger partial charge in [-0.1, -0.05) is 54.6 Å². The molecule has 3 aromatic carbocycles. The Morgan fingerprint density at radius 2 is 1.57 bits per heavy atom. The quantitative estimate of drug-likeness (QED) is 0.208. The van der Waals surface area contributed by atoms with Gasteiger partial charge in [-0.3, -0.25) is 4.79 Å². The Morgan fingerprint density at radius 3 is 2.17 bits per heavy atom. The number of rotatable bonds is 11. The first-order valence-corrected chi connectivity index (χ1v) is 15.4. The van der Waals surface area contributed by atoms with Crippen LogP contribution in [0, 0.1) is 20.8 Å². The highest BCUT2D eigenvalue weighted by Gasteiger charge is 2.38. The van der Waals surface area contributed by atoms with Crippen LogP contribution >= 0.6 is 11.3 Å². The van der Waals surface area contributed by atoms with E-state index < -0.39 is 28.0 Å². The Bertz CT molecular complexity index is 1690. The molecule has 1 N–H and O–H groups in total. The number of carboxylic acids is 1. The molecular formula is C32H33NO7S2. The molecule has 0 aliphatic heterocycles. The third-order valence-corrected chi connectivity index (χ3v) is 10.5. The van der Waals surface area contributed by atoms with Crippen molar-refractivity contribution in [2.24, 2.45) is 0 Å². The number of benzene rings is 3. The summed E-state index contributed by atoms with van der Waals surface area (Å²) >= 11 is 1.29. The molecule has 42 heavy (non-hydrogen) atoms. The van der Waals surface area contributed by atoms with Crippen molar-refractivity contribution in [3.05, 3.63) is 105 Å². The number of aliphatic carboxylic acids is 1. The van der Waals surface area contributed by atoms with Gasteiger partial charge in [0.2, 0.25) is 10.0 Å². The minimum Gasteiger partial charge on any atom is -0.496 e. The zero-order valence-corrected chi connectivity index (χ0v) is 25.7. The van der Waals surface area contributed by atoms with Crippen LogP contribution in [0.15, 0.2) is 77.7 Å². The SMILES string of the molecule is COC(=O)c1ccc(-c2ccc(CN(C(Cc3ccccc3)C(=O)O)S(=O)(=O)c3c(C)cc(OC)c(C)c3C)cc2)s1. The van der Waals surface area contributed by atoms with E-state index in [2.05, 4.69) is 0 Å². The maximum atomic E-state index is 14.4. The van der Waals surface area contributed by atoms with Crippen LogP contribution in [-0.4, -0.2) is 50.0 Å². The average Bonchev–Trinajstić information content (AvgIpc) is 3.47. The van der Waals surface area contributed by atoms with E-state index in [9.17, 15) is 23.1 Å². The van der Waals surface area contributed by atoms with Crippen LogP contribution in [0.2, 0.25) is 0 Å². The number of sulfonamides is 1. The molecule has 0 spiro atoms. The summed E-state index contributed by atoms with van der Waals surface area (Å²) in [5, 5.41) is 10.4. The van der Waals surface area contributed by atoms with Crippen molar-refractivity contribution in [1.82, 2.24) is 4.31 Å². The van der Waals surface area contributed by atoms with Crippen molar-refractivity contribution >= 4 is 33.3 Å². The second-order valence-corrected chi connectivity index (χ2v) is 12.8. The van der Waals surface area contributed by atoms with Gasteiger partial charge in [0.25, 0.3) is 0 Å². The molecule has 0 amide bonds. The molecule has 1 atom stereocenters. The van der Waals surface area contributed by atoms with E-state index in [1.165, 1.54) is 25.6 Å². The fourth-order valence-electron chi connectivity index (χ4n) is 4.92. The molecule has 0 saturated heterocycles. The van der Waals surface area contributed by atoms with Crippen molar-refractivity contribution in [2.45, 2.75) is 44.7 Å². The van der Waals surface area contributed by atoms with E-state index in [4.69, 9.17) is 9.47 Å². The van der Waals surface area contributed by atoms with E-state index in [1.54, 1.807) is 69.3 Å². The highest BCUT2D eigenvalue weighted by Crippen LogP contribution is 2.35. The lowest BCUT2D eigenvalue weighted by molar-refractivity contribution is -0.141. The summed E-state index contributed by atoms with van der Waals surface area (Å²) in [5.41, 5.74) is 3.81. The molecule has 0 radical (unpaired) electrons. The van der Waals surface area contributed by atoms with Crippen molar-refractivity contribution in [3.63, 3.8) is 0 Å². The maximum absolute atomic E-state index is 14.4. The normalized spacial score (nSPS) is 12.2. The van der Waals surface area contributed by atoms with Gasteiger partial charge < -0.3 is 14.6 Å². The van der Waals surface area contributed by atoms with Crippen molar-refractivity contribution in [2.75, 3.05) is 14.2 Å². The molecule has 0 aliphatic rings. The number of thiophene rings is 1. The standard InChI is InChI=1S/C32H33NO7S2/c1-20-17-27(39-4)21(2)22(3)30(20)42(37,38)33(26(31(34)35)18-23-9-7-6-8-10-23)19-24-11-13-25(14-12-24)28-15-16-29(41-28)32(36)40-5/h6-17,26H,18-19H2,1-5H3,(H,34,35). The minimum absolute atomic E-state index is 0.00772. The molecular weight excluding hydrogens is 574 g/mol. The molecule has 0 saturated carbocycles. The Kier molecular flexibility index (Phi) is 9.50. The smallest absolute Gasteiger partial charge is 0.348 e. The molecule has 220 valence electrons. The number of hydrogen-bond donors (Lipinski definition) is 1. The Labute approximate surface area is 250 Å². The Balaban J connectivity index is 1.78. The largest absolute Gasteiger partial charge is 0.496 e. The first kappa shape index (κ1) is 31.0. The molecule has 1 unspecified atom stereocenters. The van der Waals surface area contributed by atoms with Gasteiger partial charge in [-0.25, -0.2) is 13.2 Å². The molecule has 8 nitrogen and oxygen atoms in total. The topological polar surface area (TPSA) is 110 Å². The van der Waals surface area contributed by atoms with E-state index in [0.29, 0.717) is 38.4 Å². The first-order chi connectivity index (χ1) is 20.0. The van der Waals surface area contributed by atoms with Gasteiger partial charge in [0, 0.05) is 11.4 Å². The van der Waals surface area contributed by atoms with E-state index in [1.807, 2.05) is 24.3 Å². The zero-order chi connectivity index (χ0) is 30.6. The summed E-state index contributed by atoms with van der Waals surface area (Å²) in [6.45, 7) is 5.02. The fourth-order valence-corrected chi connectivity index (χ4v) is 7.91. The molecule has 10 heteroatoms. The summed E-state index contributed by atoms with van der Waals surface area (Å²) in [5.74, 6) is -1.09. The van der Waals surface area contributed by atoms with Crippen LogP contribution in [0.4, 0.5) is 0 Å². The highest BCUT2D eigenvalue weighted by atomic mass is 32.2. The first-order valence-electron chi connectivity index (χ1n) is 13.2. The van der Waals surface area contributed by atoms with Gasteiger partial charge in [-0.05, 0) is 78.8 Å². The lowest BCUT2D eigenvalue weighted by Crippen LogP contribution is -2.46. The zero-order valence-electron chi connectivity index (χ0n) is 24.1. The second-order valence-electron chi connectivity index (χ2n) is 9.92. The van der Waals surface area contributed by atoms with Gasteiger partial charge in [0.1, 0.15) is 16.7 Å². The van der Waals surface area contributed by atoms with Gasteiger partial charge in [-0.15, -0.1) is 11.3 Å². The third kappa shape index (κ3) is 6.41. The summed E-state index contributed by atoms with van der Waals surface area (Å²) < 4.78 is 40.2. The van der Waals surface area contributed by atoms with Crippen LogP contribution < -0.4 is 4.74 Å². The van der Waals surface area contributed by atoms with Crippen LogP contribution in [0.3, 0.4) is 0 Å². The van der Waals surface area contributed by atoms with Gasteiger partial charge in [0.15, 0.2) is 0 Å². The number of esters is 1. The van der Waals surface area contributed by atoms with Crippen LogP contribution in [0.1, 0.15) is 37.5 Å². The van der Waals surface area contributed by atoms with Crippen molar-refractivity contribution in [3.8, 4) is 16.2 Å². The Morgan fingerprint density at radius 1 is 0.905 bits per heavy atom. The average molecular weight is 608 g/mol. The third-order valence-electron chi connectivity index (χ3n) is 7.24. The van der Waals surface area contributed by atoms with Crippen molar-refractivity contribution < 1.29 is 32.6 Å². The number of hydrogen-bond acceptors (Lipinski definition) is 7. The number of carboxylic acid groups (broad SMARTS) is 1. The molecule has 1 heterocycles. The number of ether oxygens (including phenoxy) is 2. The molecule has 4 aromatic rings. The molecule has 4 rings (SSSR count). The highest BCUT2D eigenvalue weighted by molar-refractivity contribution is 7.89. The lowest BCUT2D eigenvalue weighted by atomic mass is 10.1. The summed E-state index contributed by atoms with van der Waals surface area (Å²) in [6, 6.07) is 20.0. The van der Waals surface area contributed by atoms with E-state index in [-0.39, 0.29) is 17.9 Å². The fraction of sp³-hybridized carbons (Fsp3) is 0.250. The van der Waals surface area contributed by atoms with E-state index >= 15 is 0 Å². The van der Waals surface area contributed by atoms with E-state index in [0.717, 1.165) is 14.7 Å². The van der Waals surface area contributed by atoms with Gasteiger partial charge in [-0.2, -0.15) is 4.31 Å². The predicted molar refractivity (Wildman–Crippen MR) is 163 cm³/mol. The number of carbonyl (C=O) groups excluding carboxylic acids is 1. The number of aryl methyl sites for hydroxylation is 1. The summed E-state index contributed by atoms with van der Waals surface area (Å²) in [6.07, 6.45) is -0.00772. The lowest BCUT2D eigenvalue weighted by Gasteiger charge is -2.30. The number of nitrogens with zero attached hydrogens (tertiary/aromatic N) is 1. The molecule has 1 aromatic heterocycles. The number of methoxy groups -OCH3 is 2. The molecule has 0 fully saturated rings. The number of carbonyl (C=O) groups is 2. The summed E-state index contributed by atoms with van der Waals surface area (Å²) in [7, 11) is -1.44. The van der Waals surface area contributed by atoms with Crippen LogP contribution in [0.5, 0.6) is 5.75 Å². The van der Waals surface area contributed by atoms with Crippen molar-refractivity contribution in [1.29, 1.82) is 0 Å². The van der Waals surface area contributed by atoms with Gasteiger partial charge >= 0.3 is 11.9 Å².